The van der Waals surface area contributed by atoms with Crippen LogP contribution in [0, 0.1) is 17.6 Å². The summed E-state index contributed by atoms with van der Waals surface area (Å²) in [5.41, 5.74) is 1.67. The van der Waals surface area contributed by atoms with Crippen LogP contribution < -0.4 is 10.2 Å². The highest BCUT2D eigenvalue weighted by atomic mass is 19.1. The molecule has 0 atom stereocenters. The van der Waals surface area contributed by atoms with Crippen LogP contribution >= 0.6 is 0 Å². The highest BCUT2D eigenvalue weighted by molar-refractivity contribution is 6.05. The van der Waals surface area contributed by atoms with Crippen LogP contribution in [-0.4, -0.2) is 18.4 Å². The van der Waals surface area contributed by atoms with E-state index in [1.54, 1.807) is 18.2 Å². The molecule has 134 valence electrons. The fraction of sp³-hybridized carbons (Fsp3) is 0.300. The van der Waals surface area contributed by atoms with Gasteiger partial charge in [0, 0.05) is 23.8 Å². The van der Waals surface area contributed by atoms with Crippen LogP contribution in [0.3, 0.4) is 0 Å². The average Bonchev–Trinajstić information content (AvgIpc) is 3.45. The molecule has 2 aromatic carbocycles. The first-order chi connectivity index (χ1) is 12.5. The van der Waals surface area contributed by atoms with E-state index in [9.17, 15) is 18.4 Å². The molecule has 2 aromatic rings. The number of carbonyl (C=O) groups is 2. The molecule has 1 fully saturated rings. The molecule has 4 rings (SSSR count). The lowest BCUT2D eigenvalue weighted by atomic mass is 10.00. The lowest BCUT2D eigenvalue weighted by molar-refractivity contribution is -0.119. The Kier molecular flexibility index (Phi) is 4.18. The lowest BCUT2D eigenvalue weighted by Crippen LogP contribution is -2.36. The lowest BCUT2D eigenvalue weighted by Gasteiger charge is -2.30. The molecule has 0 bridgehead atoms. The van der Waals surface area contributed by atoms with E-state index in [0.717, 1.165) is 49.1 Å². The maximum atomic E-state index is 13.8. The van der Waals surface area contributed by atoms with Crippen LogP contribution in [0.4, 0.5) is 20.2 Å². The minimum Gasteiger partial charge on any atom is -0.322 e. The molecule has 0 saturated heterocycles. The van der Waals surface area contributed by atoms with E-state index in [0.29, 0.717) is 12.2 Å². The molecule has 1 heterocycles. The number of rotatable bonds is 3. The fourth-order valence-electron chi connectivity index (χ4n) is 3.36. The van der Waals surface area contributed by atoms with Gasteiger partial charge in [0.1, 0.15) is 17.2 Å². The van der Waals surface area contributed by atoms with E-state index >= 15 is 0 Å². The second-order valence-corrected chi connectivity index (χ2v) is 6.76. The number of fused-ring (bicyclic) bond motifs is 1. The predicted octanol–water partition coefficient (Wildman–Crippen LogP) is 3.91. The van der Waals surface area contributed by atoms with E-state index in [1.165, 1.54) is 6.07 Å². The van der Waals surface area contributed by atoms with E-state index in [-0.39, 0.29) is 11.8 Å². The monoisotopic (exact) mass is 356 g/mol. The minimum absolute atomic E-state index is 0.143. The van der Waals surface area contributed by atoms with Crippen molar-refractivity contribution in [2.24, 2.45) is 5.92 Å². The summed E-state index contributed by atoms with van der Waals surface area (Å²) < 4.78 is 27.5. The van der Waals surface area contributed by atoms with Gasteiger partial charge in [0.15, 0.2) is 0 Å². The zero-order valence-electron chi connectivity index (χ0n) is 14.1. The number of hydrogen-bond donors (Lipinski definition) is 1. The van der Waals surface area contributed by atoms with E-state index in [4.69, 9.17) is 0 Å². The molecular formula is C20H18F2N2O2. The van der Waals surface area contributed by atoms with Crippen LogP contribution in [0.5, 0.6) is 0 Å². The minimum atomic E-state index is -0.901. The third-order valence-electron chi connectivity index (χ3n) is 4.84. The second-order valence-electron chi connectivity index (χ2n) is 6.76. The second kappa shape index (κ2) is 6.52. The number of nitrogens with one attached hydrogen (secondary N) is 1. The Bertz CT molecular complexity index is 873. The van der Waals surface area contributed by atoms with Gasteiger partial charge in [-0.1, -0.05) is 6.07 Å². The Hall–Kier alpha value is -2.76. The zero-order valence-corrected chi connectivity index (χ0v) is 14.1. The Morgan fingerprint density at radius 2 is 1.81 bits per heavy atom. The topological polar surface area (TPSA) is 49.4 Å². The molecule has 6 heteroatoms. The van der Waals surface area contributed by atoms with Crippen molar-refractivity contribution in [2.45, 2.75) is 25.7 Å². The van der Waals surface area contributed by atoms with E-state index < -0.39 is 23.1 Å². The number of halogens is 2. The third-order valence-corrected chi connectivity index (χ3v) is 4.84. The molecular weight excluding hydrogens is 338 g/mol. The zero-order chi connectivity index (χ0) is 18.3. The van der Waals surface area contributed by atoms with Crippen molar-refractivity contribution < 1.29 is 18.4 Å². The summed E-state index contributed by atoms with van der Waals surface area (Å²) in [6, 6.07) is 8.54. The first kappa shape index (κ1) is 16.7. The Morgan fingerprint density at radius 1 is 1.08 bits per heavy atom. The van der Waals surface area contributed by atoms with Crippen molar-refractivity contribution in [2.75, 3.05) is 16.8 Å². The molecule has 0 radical (unpaired) electrons. The largest absolute Gasteiger partial charge is 0.322 e. The van der Waals surface area contributed by atoms with Gasteiger partial charge < -0.3 is 10.2 Å². The number of benzene rings is 2. The molecule has 0 aromatic heterocycles. The summed E-state index contributed by atoms with van der Waals surface area (Å²) in [7, 11) is 0. The average molecular weight is 356 g/mol. The quantitative estimate of drug-likeness (QED) is 0.907. The first-order valence-corrected chi connectivity index (χ1v) is 8.74. The molecule has 0 spiro atoms. The van der Waals surface area contributed by atoms with Crippen molar-refractivity contribution >= 4 is 23.2 Å². The van der Waals surface area contributed by atoms with Crippen LogP contribution in [-0.2, 0) is 11.2 Å². The van der Waals surface area contributed by atoms with Crippen LogP contribution in [0.25, 0.3) is 0 Å². The summed E-state index contributed by atoms with van der Waals surface area (Å²) in [4.78, 5) is 26.5. The number of anilines is 2. The predicted molar refractivity (Wildman–Crippen MR) is 94.2 cm³/mol. The number of amides is 2. The fourth-order valence-corrected chi connectivity index (χ4v) is 3.36. The molecule has 2 amide bonds. The van der Waals surface area contributed by atoms with Crippen molar-refractivity contribution in [1.82, 2.24) is 0 Å². The van der Waals surface area contributed by atoms with Crippen molar-refractivity contribution in [3.05, 3.63) is 59.2 Å². The van der Waals surface area contributed by atoms with Crippen LogP contribution in [0.15, 0.2) is 36.4 Å². The molecule has 26 heavy (non-hydrogen) atoms. The van der Waals surface area contributed by atoms with Crippen molar-refractivity contribution in [1.29, 1.82) is 0 Å². The normalized spacial score (nSPS) is 16.2. The SMILES string of the molecule is O=C(Nc1ccc2c(c1)CCCN2C(=O)C1CC1)c1c(F)cccc1F. The third kappa shape index (κ3) is 3.07. The molecule has 1 saturated carbocycles. The van der Waals surface area contributed by atoms with Gasteiger partial charge in [-0.05, 0) is 61.6 Å². The summed E-state index contributed by atoms with van der Waals surface area (Å²) in [5, 5.41) is 2.55. The van der Waals surface area contributed by atoms with Gasteiger partial charge in [-0.3, -0.25) is 9.59 Å². The van der Waals surface area contributed by atoms with Gasteiger partial charge in [0.25, 0.3) is 5.91 Å². The maximum absolute atomic E-state index is 13.8. The smallest absolute Gasteiger partial charge is 0.261 e. The summed E-state index contributed by atoms with van der Waals surface area (Å²) in [6.07, 6.45) is 3.55. The van der Waals surface area contributed by atoms with Crippen LogP contribution in [0.2, 0.25) is 0 Å². The molecule has 4 nitrogen and oxygen atoms in total. The first-order valence-electron chi connectivity index (χ1n) is 8.74. The van der Waals surface area contributed by atoms with Crippen molar-refractivity contribution in [3.63, 3.8) is 0 Å². The number of nitrogens with zero attached hydrogens (tertiary/aromatic N) is 1. The standard InChI is InChI=1S/C20H18F2N2O2/c21-15-4-1-5-16(22)18(15)19(25)23-14-8-9-17-13(11-14)3-2-10-24(17)20(26)12-6-7-12/h1,4-5,8-9,11-12H,2-3,6-7,10H2,(H,23,25). The number of hydrogen-bond acceptors (Lipinski definition) is 2. The number of aryl methyl sites for hydroxylation is 1. The maximum Gasteiger partial charge on any atom is 0.261 e. The molecule has 1 aliphatic heterocycles. The number of carbonyl (C=O) groups excluding carboxylic acids is 2. The van der Waals surface area contributed by atoms with Gasteiger partial charge in [0.05, 0.1) is 0 Å². The van der Waals surface area contributed by atoms with Gasteiger partial charge in [-0.2, -0.15) is 0 Å². The Balaban J connectivity index is 1.57. The highest BCUT2D eigenvalue weighted by Crippen LogP contribution is 2.36. The molecule has 0 unspecified atom stereocenters. The summed E-state index contributed by atoms with van der Waals surface area (Å²) >= 11 is 0. The van der Waals surface area contributed by atoms with E-state index in [2.05, 4.69) is 5.32 Å². The Morgan fingerprint density at radius 3 is 2.50 bits per heavy atom. The van der Waals surface area contributed by atoms with Gasteiger partial charge in [-0.15, -0.1) is 0 Å². The summed E-state index contributed by atoms with van der Waals surface area (Å²) in [6.45, 7) is 0.703. The van der Waals surface area contributed by atoms with E-state index in [1.807, 2.05) is 4.90 Å². The van der Waals surface area contributed by atoms with Gasteiger partial charge in [0.2, 0.25) is 5.91 Å². The van der Waals surface area contributed by atoms with Crippen molar-refractivity contribution in [3.8, 4) is 0 Å². The molecule has 2 aliphatic rings. The summed E-state index contributed by atoms with van der Waals surface area (Å²) in [5.74, 6) is -2.33. The van der Waals surface area contributed by atoms with Gasteiger partial charge >= 0.3 is 0 Å². The van der Waals surface area contributed by atoms with Crippen LogP contribution in [0.1, 0.15) is 35.2 Å². The van der Waals surface area contributed by atoms with Gasteiger partial charge in [-0.25, -0.2) is 8.78 Å². The highest BCUT2D eigenvalue weighted by Gasteiger charge is 2.35. The Labute approximate surface area is 149 Å². The molecule has 1 N–H and O–H groups in total. The molecule has 1 aliphatic carbocycles.